The number of unbranched alkanes of at least 4 members (excludes halogenated alkanes) is 13. The van der Waals surface area contributed by atoms with Crippen LogP contribution >= 0.6 is 0 Å². The van der Waals surface area contributed by atoms with Crippen molar-refractivity contribution in [2.45, 2.75) is 225 Å². The molecule has 0 aromatic rings. The topological polar surface area (TPSA) is 72.8 Å². The highest BCUT2D eigenvalue weighted by Crippen LogP contribution is 2.13. The van der Waals surface area contributed by atoms with E-state index < -0.39 is 6.10 Å². The Hall–Kier alpha value is -5.00. The van der Waals surface area contributed by atoms with Crippen LogP contribution in [-0.4, -0.2) is 36.4 Å². The second-order valence-electron chi connectivity index (χ2n) is 18.6. The van der Waals surface area contributed by atoms with Gasteiger partial charge in [-0.15, -0.1) is 0 Å². The molecule has 1 atom stereocenters. The summed E-state index contributed by atoms with van der Waals surface area (Å²) in [6, 6.07) is 0. The molecule has 0 aliphatic carbocycles. The van der Waals surface area contributed by atoms with Crippen LogP contribution in [0.2, 0.25) is 0 Å². The molecule has 0 saturated heterocycles. The monoisotopic (exact) mass is 1010 g/mol. The first-order chi connectivity index (χ1) is 36.6. The number of ether oxygens (including phenoxy) is 2. The van der Waals surface area contributed by atoms with Crippen LogP contribution in [0.25, 0.3) is 0 Å². The van der Waals surface area contributed by atoms with Crippen molar-refractivity contribution in [3.8, 4) is 0 Å². The van der Waals surface area contributed by atoms with Gasteiger partial charge in [0.1, 0.15) is 6.61 Å². The highest BCUT2D eigenvalue weighted by molar-refractivity contribution is 5.70. The first kappa shape index (κ1) is 69.0. The minimum absolute atomic E-state index is 0.0903. The van der Waals surface area contributed by atoms with Crippen LogP contribution in [0.15, 0.2) is 182 Å². The molecule has 0 rings (SSSR count). The maximum Gasteiger partial charge on any atom is 0.306 e. The Labute approximate surface area is 455 Å². The van der Waals surface area contributed by atoms with Crippen LogP contribution in [0.4, 0.5) is 0 Å². The molecule has 0 bridgehead atoms. The Morgan fingerprint density at radius 3 is 0.811 bits per heavy atom. The SMILES string of the molecule is CC/C=C\C/C=C\C/C=C\C/C=C\C/C=C\C/C=C\C/C=C\C/C=C\C/C=C\C/C=C\C/C=C\CCCCCCCC(=O)OC(CO)COC(=O)CCCCCCCCCC/C=C\C/C=C\C/C=C\C/C=C\CC. The molecule has 0 aliphatic heterocycles. The van der Waals surface area contributed by atoms with E-state index in [1.807, 2.05) is 0 Å². The summed E-state index contributed by atoms with van der Waals surface area (Å²) in [5.41, 5.74) is 0. The fraction of sp³-hybridized carbons (Fsp3) is 0.536. The summed E-state index contributed by atoms with van der Waals surface area (Å²) in [4.78, 5) is 24.5. The number of allylic oxidation sites excluding steroid dienone is 30. The maximum atomic E-state index is 12.3. The van der Waals surface area contributed by atoms with Crippen molar-refractivity contribution in [2.75, 3.05) is 13.2 Å². The second-order valence-corrected chi connectivity index (χ2v) is 18.6. The molecule has 0 saturated carbocycles. The molecule has 0 amide bonds. The van der Waals surface area contributed by atoms with Crippen molar-refractivity contribution in [3.05, 3.63) is 182 Å². The molecule has 0 aromatic heterocycles. The highest BCUT2D eigenvalue weighted by atomic mass is 16.6. The van der Waals surface area contributed by atoms with Crippen LogP contribution < -0.4 is 0 Å². The first-order valence-electron chi connectivity index (χ1n) is 29.3. The van der Waals surface area contributed by atoms with E-state index in [1.165, 1.54) is 32.1 Å². The smallest absolute Gasteiger partial charge is 0.306 e. The average molecular weight is 1020 g/mol. The van der Waals surface area contributed by atoms with Crippen molar-refractivity contribution < 1.29 is 24.2 Å². The molecular weight excluding hydrogens is 909 g/mol. The van der Waals surface area contributed by atoms with Gasteiger partial charge >= 0.3 is 11.9 Å². The van der Waals surface area contributed by atoms with E-state index in [1.54, 1.807) is 0 Å². The summed E-state index contributed by atoms with van der Waals surface area (Å²) in [6.07, 6.45) is 98.6. The number of hydrogen-bond acceptors (Lipinski definition) is 5. The van der Waals surface area contributed by atoms with Gasteiger partial charge in [-0.05, 0) is 135 Å². The fourth-order valence-corrected chi connectivity index (χ4v) is 7.37. The third kappa shape index (κ3) is 59.6. The van der Waals surface area contributed by atoms with Crippen LogP contribution in [-0.2, 0) is 19.1 Å². The average Bonchev–Trinajstić information content (AvgIpc) is 3.40. The zero-order valence-electron chi connectivity index (χ0n) is 47.0. The predicted octanol–water partition coefficient (Wildman–Crippen LogP) is 20.3. The Morgan fingerprint density at radius 2 is 0.541 bits per heavy atom. The van der Waals surface area contributed by atoms with E-state index >= 15 is 0 Å². The normalized spacial score (nSPS) is 13.6. The number of aliphatic hydroxyl groups is 1. The third-order valence-corrected chi connectivity index (χ3v) is 11.7. The summed E-state index contributed by atoms with van der Waals surface area (Å²) in [6.45, 7) is 3.88. The summed E-state index contributed by atoms with van der Waals surface area (Å²) >= 11 is 0. The van der Waals surface area contributed by atoms with Gasteiger partial charge in [0.05, 0.1) is 6.61 Å². The Kier molecular flexibility index (Phi) is 58.1. The maximum absolute atomic E-state index is 12.3. The molecule has 0 fully saturated rings. The molecule has 0 radical (unpaired) electrons. The molecule has 1 N–H and O–H groups in total. The highest BCUT2D eigenvalue weighted by Gasteiger charge is 2.16. The van der Waals surface area contributed by atoms with Crippen molar-refractivity contribution in [2.24, 2.45) is 0 Å². The number of aliphatic hydroxyl groups excluding tert-OH is 1. The van der Waals surface area contributed by atoms with Crippen LogP contribution in [0.1, 0.15) is 219 Å². The van der Waals surface area contributed by atoms with Gasteiger partial charge < -0.3 is 14.6 Å². The number of hydrogen-bond donors (Lipinski definition) is 1. The Bertz CT molecular complexity index is 1720. The van der Waals surface area contributed by atoms with Gasteiger partial charge in [-0.2, -0.15) is 0 Å². The van der Waals surface area contributed by atoms with Crippen LogP contribution in [0, 0.1) is 0 Å². The first-order valence-corrected chi connectivity index (χ1v) is 29.3. The second kappa shape index (κ2) is 62.3. The lowest BCUT2D eigenvalue weighted by Gasteiger charge is -2.15. The van der Waals surface area contributed by atoms with E-state index in [9.17, 15) is 14.7 Å². The summed E-state index contributed by atoms with van der Waals surface area (Å²) < 4.78 is 10.7. The minimum atomic E-state index is -0.801. The zero-order valence-corrected chi connectivity index (χ0v) is 47.0. The van der Waals surface area contributed by atoms with Gasteiger partial charge in [-0.1, -0.05) is 254 Å². The van der Waals surface area contributed by atoms with Crippen LogP contribution in [0.3, 0.4) is 0 Å². The molecule has 412 valence electrons. The standard InChI is InChI=1S/C69H106O5/c1-3-5-7-9-11-13-15-17-19-21-23-25-26-27-28-29-30-31-32-33-34-35-36-37-38-39-40-41-42-44-46-48-50-52-54-56-58-60-62-64-69(72)74-67(65-70)66-73-68(71)63-61-59-57-55-53-51-49-47-45-43-24-22-20-18-16-14-12-10-8-6-4-2/h5-8,11-14,17-20,23-25,27-28,30-31,33-34,36-37,39-40,42-44,48,50,67,70H,3-4,9-10,15-16,21-22,26,29,32,35,38,41,45-47,49,51-66H2,1-2H3/b7-5-,8-6-,13-11-,14-12-,19-17-,20-18-,25-23-,28-27-,31-30-,34-33-,37-36-,40-39-,43-24-,44-42-,50-48-. The predicted molar refractivity (Wildman–Crippen MR) is 324 cm³/mol. The molecular formula is C69H106O5. The van der Waals surface area contributed by atoms with E-state index in [2.05, 4.69) is 196 Å². The van der Waals surface area contributed by atoms with Gasteiger partial charge in [0.2, 0.25) is 0 Å². The van der Waals surface area contributed by atoms with Gasteiger partial charge in [0, 0.05) is 12.8 Å². The molecule has 74 heavy (non-hydrogen) atoms. The van der Waals surface area contributed by atoms with E-state index in [0.717, 1.165) is 161 Å². The van der Waals surface area contributed by atoms with Crippen molar-refractivity contribution in [1.29, 1.82) is 0 Å². The lowest BCUT2D eigenvalue weighted by molar-refractivity contribution is -0.161. The minimum Gasteiger partial charge on any atom is -0.462 e. The summed E-state index contributed by atoms with van der Waals surface area (Å²) in [5, 5.41) is 9.65. The van der Waals surface area contributed by atoms with E-state index in [0.29, 0.717) is 12.8 Å². The molecule has 0 aliphatic rings. The van der Waals surface area contributed by atoms with Gasteiger partial charge in [0.15, 0.2) is 6.10 Å². The molecule has 5 heteroatoms. The van der Waals surface area contributed by atoms with Gasteiger partial charge in [-0.3, -0.25) is 9.59 Å². The lowest BCUT2D eigenvalue weighted by Crippen LogP contribution is -2.28. The largest absolute Gasteiger partial charge is 0.462 e. The van der Waals surface area contributed by atoms with Gasteiger partial charge in [-0.25, -0.2) is 0 Å². The lowest BCUT2D eigenvalue weighted by atomic mass is 10.1. The van der Waals surface area contributed by atoms with E-state index in [4.69, 9.17) is 9.47 Å². The Balaban J connectivity index is 3.67. The molecule has 0 aromatic carbocycles. The summed E-state index contributed by atoms with van der Waals surface area (Å²) in [5.74, 6) is -0.636. The summed E-state index contributed by atoms with van der Waals surface area (Å²) in [7, 11) is 0. The van der Waals surface area contributed by atoms with Crippen molar-refractivity contribution in [1.82, 2.24) is 0 Å². The quantitative estimate of drug-likeness (QED) is 0.0373. The number of carbonyl (C=O) groups is 2. The molecule has 1 unspecified atom stereocenters. The number of esters is 2. The Morgan fingerprint density at radius 1 is 0.311 bits per heavy atom. The zero-order chi connectivity index (χ0) is 53.4. The number of carbonyl (C=O) groups excluding carboxylic acids is 2. The van der Waals surface area contributed by atoms with Crippen LogP contribution in [0.5, 0.6) is 0 Å². The van der Waals surface area contributed by atoms with E-state index in [-0.39, 0.29) is 25.2 Å². The van der Waals surface area contributed by atoms with Crippen molar-refractivity contribution in [3.63, 3.8) is 0 Å². The van der Waals surface area contributed by atoms with Gasteiger partial charge in [0.25, 0.3) is 0 Å². The van der Waals surface area contributed by atoms with Crippen molar-refractivity contribution >= 4 is 11.9 Å². The number of rotatable bonds is 51. The molecule has 5 nitrogen and oxygen atoms in total. The third-order valence-electron chi connectivity index (χ3n) is 11.7. The molecule has 0 heterocycles. The fourth-order valence-electron chi connectivity index (χ4n) is 7.37. The molecule has 0 spiro atoms.